The Hall–Kier alpha value is -2.47. The molecule has 0 aromatic heterocycles. The number of carboxylic acid groups (broad SMARTS) is 1. The Morgan fingerprint density at radius 2 is 1.88 bits per heavy atom. The van der Waals surface area contributed by atoms with Crippen molar-refractivity contribution in [1.29, 1.82) is 0 Å². The first kappa shape index (κ1) is 17.0. The van der Waals surface area contributed by atoms with Crippen molar-refractivity contribution < 1.29 is 23.5 Å². The third kappa shape index (κ3) is 2.40. The Bertz CT molecular complexity index is 944. The average molecular weight is 378 g/mol. The maximum Gasteiger partial charge on any atom is 0.336 e. The minimum atomic E-state index is -3.45. The van der Waals surface area contributed by atoms with E-state index in [1.54, 1.807) is 18.2 Å². The molecule has 0 saturated carbocycles. The number of halogens is 3. The molecule has 1 heterocycles. The molecule has 4 rings (SSSR count). The van der Waals surface area contributed by atoms with Crippen molar-refractivity contribution in [2.24, 2.45) is 0 Å². The Morgan fingerprint density at radius 3 is 2.58 bits per heavy atom. The number of aromatic carboxylic acids is 1. The van der Waals surface area contributed by atoms with Gasteiger partial charge in [-0.1, -0.05) is 29.8 Å². The molecule has 1 aliphatic carbocycles. The fourth-order valence-electron chi connectivity index (χ4n) is 3.99. The number of carboxylic acids is 1. The van der Waals surface area contributed by atoms with Gasteiger partial charge in [-0.15, -0.1) is 0 Å². The molecule has 1 amide bonds. The van der Waals surface area contributed by atoms with E-state index in [2.05, 4.69) is 0 Å². The molecule has 134 valence electrons. The second-order valence-corrected chi connectivity index (χ2v) is 6.95. The van der Waals surface area contributed by atoms with Crippen molar-refractivity contribution in [3.8, 4) is 0 Å². The number of benzene rings is 2. The normalized spacial score (nSPS) is 20.0. The number of nitrogens with zero attached hydrogens (tertiary/aromatic N) is 1. The quantitative estimate of drug-likeness (QED) is 0.850. The fourth-order valence-corrected chi connectivity index (χ4v) is 4.20. The van der Waals surface area contributed by atoms with Gasteiger partial charge in [-0.2, -0.15) is 8.78 Å². The highest BCUT2D eigenvalue weighted by atomic mass is 35.5. The third-order valence-corrected chi connectivity index (χ3v) is 5.39. The van der Waals surface area contributed by atoms with Crippen LogP contribution >= 0.6 is 11.6 Å². The molecule has 2 aromatic rings. The van der Waals surface area contributed by atoms with E-state index in [-0.39, 0.29) is 16.1 Å². The summed E-state index contributed by atoms with van der Waals surface area (Å²) in [7, 11) is 0. The molecule has 4 nitrogen and oxygen atoms in total. The van der Waals surface area contributed by atoms with E-state index >= 15 is 0 Å². The summed E-state index contributed by atoms with van der Waals surface area (Å²) in [6.07, 6.45) is 1.01. The van der Waals surface area contributed by atoms with Crippen LogP contribution in [0.15, 0.2) is 36.4 Å². The van der Waals surface area contributed by atoms with E-state index in [1.165, 1.54) is 18.2 Å². The molecule has 0 spiro atoms. The molecule has 7 heteroatoms. The monoisotopic (exact) mass is 377 g/mol. The van der Waals surface area contributed by atoms with Crippen LogP contribution in [0.25, 0.3) is 0 Å². The zero-order valence-electron chi connectivity index (χ0n) is 13.5. The Kier molecular flexibility index (Phi) is 3.77. The second-order valence-electron chi connectivity index (χ2n) is 6.54. The summed E-state index contributed by atoms with van der Waals surface area (Å²) in [4.78, 5) is 25.5. The predicted molar refractivity (Wildman–Crippen MR) is 90.8 cm³/mol. The predicted octanol–water partition coefficient (Wildman–Crippen LogP) is 4.27. The molecule has 1 aliphatic heterocycles. The lowest BCUT2D eigenvalue weighted by atomic mass is 9.86. The Labute approximate surface area is 153 Å². The van der Waals surface area contributed by atoms with Crippen LogP contribution in [0.5, 0.6) is 0 Å². The minimum Gasteiger partial charge on any atom is -0.478 e. The summed E-state index contributed by atoms with van der Waals surface area (Å²) < 4.78 is 29.9. The van der Waals surface area contributed by atoms with Gasteiger partial charge in [0.15, 0.2) is 0 Å². The molecular formula is C19H14ClF2NO3. The summed E-state index contributed by atoms with van der Waals surface area (Å²) in [5.74, 6) is -5.41. The molecule has 1 atom stereocenters. The van der Waals surface area contributed by atoms with Gasteiger partial charge in [-0.25, -0.2) is 4.79 Å². The Balaban J connectivity index is 1.86. The molecule has 0 unspecified atom stereocenters. The number of hydrogen-bond acceptors (Lipinski definition) is 2. The van der Waals surface area contributed by atoms with Gasteiger partial charge in [0.1, 0.15) is 0 Å². The van der Waals surface area contributed by atoms with Crippen molar-refractivity contribution in [2.45, 2.75) is 24.8 Å². The van der Waals surface area contributed by atoms with E-state index in [0.29, 0.717) is 18.4 Å². The van der Waals surface area contributed by atoms with E-state index < -0.39 is 41.5 Å². The van der Waals surface area contributed by atoms with Crippen LogP contribution in [-0.4, -0.2) is 28.4 Å². The molecule has 26 heavy (non-hydrogen) atoms. The van der Waals surface area contributed by atoms with Crippen LogP contribution in [-0.2, 0) is 12.3 Å². The average Bonchev–Trinajstić information content (AvgIpc) is 3.02. The van der Waals surface area contributed by atoms with E-state index in [4.69, 9.17) is 11.6 Å². The van der Waals surface area contributed by atoms with Gasteiger partial charge in [0.25, 0.3) is 11.8 Å². The minimum absolute atomic E-state index is 0.163. The SMILES string of the molecule is O=C(O)c1ccc2c3c1C(F)(F)CN(C(=O)c1ccccc1Cl)[C@@H]3CC2. The number of hydrogen-bond donors (Lipinski definition) is 1. The summed E-state index contributed by atoms with van der Waals surface area (Å²) in [6, 6.07) is 8.56. The standard InChI is InChI=1S/C19H14ClF2NO3/c20-13-4-2-1-3-11(13)17(24)23-9-19(21,22)16-12(18(25)26)7-5-10-6-8-14(23)15(10)16/h1-5,7,14H,6,8-9H2,(H,25,26)/t14-/m1/s1. The topological polar surface area (TPSA) is 57.6 Å². The first-order valence-electron chi connectivity index (χ1n) is 8.14. The fraction of sp³-hybridized carbons (Fsp3) is 0.263. The number of aryl methyl sites for hydroxylation is 1. The largest absolute Gasteiger partial charge is 0.478 e. The lowest BCUT2D eigenvalue weighted by Crippen LogP contribution is -2.46. The zero-order valence-corrected chi connectivity index (χ0v) is 14.3. The van der Waals surface area contributed by atoms with Crippen LogP contribution in [0.1, 0.15) is 49.9 Å². The maximum absolute atomic E-state index is 14.9. The smallest absolute Gasteiger partial charge is 0.336 e. The first-order valence-corrected chi connectivity index (χ1v) is 8.52. The molecule has 0 radical (unpaired) electrons. The summed E-state index contributed by atoms with van der Waals surface area (Å²) in [5, 5.41) is 9.53. The first-order chi connectivity index (χ1) is 12.3. The van der Waals surface area contributed by atoms with Gasteiger partial charge in [-0.3, -0.25) is 4.79 Å². The lowest BCUT2D eigenvalue weighted by Gasteiger charge is -2.40. The highest BCUT2D eigenvalue weighted by Crippen LogP contribution is 2.50. The Morgan fingerprint density at radius 1 is 1.15 bits per heavy atom. The molecular weight excluding hydrogens is 364 g/mol. The van der Waals surface area contributed by atoms with Crippen molar-refractivity contribution in [3.63, 3.8) is 0 Å². The van der Waals surface area contributed by atoms with Crippen molar-refractivity contribution in [3.05, 3.63) is 69.2 Å². The summed E-state index contributed by atoms with van der Waals surface area (Å²) in [5.41, 5.74) is 0.267. The van der Waals surface area contributed by atoms with Gasteiger partial charge < -0.3 is 10.0 Å². The van der Waals surface area contributed by atoms with Crippen LogP contribution in [0.4, 0.5) is 8.78 Å². The molecule has 1 N–H and O–H groups in total. The molecule has 2 aliphatic rings. The van der Waals surface area contributed by atoms with Crippen molar-refractivity contribution in [2.75, 3.05) is 6.54 Å². The second kappa shape index (κ2) is 5.77. The van der Waals surface area contributed by atoms with Crippen molar-refractivity contribution >= 4 is 23.5 Å². The molecule has 0 bridgehead atoms. The lowest BCUT2D eigenvalue weighted by molar-refractivity contribution is -0.0547. The van der Waals surface area contributed by atoms with E-state index in [1.807, 2.05) is 0 Å². The highest BCUT2D eigenvalue weighted by Gasteiger charge is 2.51. The van der Waals surface area contributed by atoms with Gasteiger partial charge in [0.05, 0.1) is 28.7 Å². The van der Waals surface area contributed by atoms with Crippen LogP contribution in [0.2, 0.25) is 5.02 Å². The highest BCUT2D eigenvalue weighted by molar-refractivity contribution is 6.33. The third-order valence-electron chi connectivity index (χ3n) is 5.06. The van der Waals surface area contributed by atoms with Gasteiger partial charge in [-0.05, 0) is 42.2 Å². The number of rotatable bonds is 2. The van der Waals surface area contributed by atoms with Crippen molar-refractivity contribution in [1.82, 2.24) is 4.90 Å². The van der Waals surface area contributed by atoms with E-state index in [0.717, 1.165) is 4.90 Å². The number of alkyl halides is 2. The van der Waals surface area contributed by atoms with Gasteiger partial charge in [0.2, 0.25) is 0 Å². The van der Waals surface area contributed by atoms with Crippen LogP contribution in [0, 0.1) is 0 Å². The summed E-state index contributed by atoms with van der Waals surface area (Å²) >= 11 is 6.07. The van der Waals surface area contributed by atoms with Gasteiger partial charge >= 0.3 is 5.97 Å². The zero-order chi connectivity index (χ0) is 18.6. The summed E-state index contributed by atoms with van der Waals surface area (Å²) in [6.45, 7) is -0.863. The number of carbonyl (C=O) groups is 2. The molecule has 0 fully saturated rings. The molecule has 0 saturated heterocycles. The number of amides is 1. The number of carbonyl (C=O) groups excluding carboxylic acids is 1. The van der Waals surface area contributed by atoms with Crippen LogP contribution in [0.3, 0.4) is 0 Å². The maximum atomic E-state index is 14.9. The van der Waals surface area contributed by atoms with Crippen LogP contribution < -0.4 is 0 Å². The van der Waals surface area contributed by atoms with Gasteiger partial charge in [0, 0.05) is 5.56 Å². The molecule has 2 aromatic carbocycles. The van der Waals surface area contributed by atoms with E-state index in [9.17, 15) is 23.5 Å².